The number of allylic oxidation sites excluding steroid dienone is 1. The van der Waals surface area contributed by atoms with Crippen molar-refractivity contribution in [3.8, 4) is 0 Å². The highest BCUT2D eigenvalue weighted by atomic mass is 16.4. The van der Waals surface area contributed by atoms with Gasteiger partial charge < -0.3 is 10.0 Å². The van der Waals surface area contributed by atoms with Gasteiger partial charge in [0, 0.05) is 11.7 Å². The second kappa shape index (κ2) is 4.49. The maximum atomic E-state index is 10.7. The maximum absolute atomic E-state index is 10.7. The summed E-state index contributed by atoms with van der Waals surface area (Å²) in [6.45, 7) is 8.32. The third kappa shape index (κ3) is 2.50. The maximum Gasteiger partial charge on any atom is 0.323 e. The van der Waals surface area contributed by atoms with Gasteiger partial charge in [-0.15, -0.1) is 0 Å². The van der Waals surface area contributed by atoms with E-state index >= 15 is 0 Å². The van der Waals surface area contributed by atoms with Gasteiger partial charge in [-0.2, -0.15) is 0 Å². The van der Waals surface area contributed by atoms with Gasteiger partial charge in [-0.25, -0.2) is 0 Å². The number of carbonyl (C=O) groups is 1. The second-order valence-electron chi connectivity index (χ2n) is 4.29. The molecule has 0 amide bonds. The SMILES string of the molecule is C=C1CCCC(C(C)C)N1CC(=O)O. The average molecular weight is 197 g/mol. The first-order chi connectivity index (χ1) is 6.52. The van der Waals surface area contributed by atoms with Crippen LogP contribution >= 0.6 is 0 Å². The molecule has 1 aliphatic rings. The van der Waals surface area contributed by atoms with E-state index in [1.807, 2.05) is 4.90 Å². The van der Waals surface area contributed by atoms with E-state index in [0.717, 1.165) is 25.0 Å². The Balaban J connectivity index is 2.70. The van der Waals surface area contributed by atoms with Crippen molar-refractivity contribution in [2.24, 2.45) is 5.92 Å². The van der Waals surface area contributed by atoms with Gasteiger partial charge in [-0.1, -0.05) is 20.4 Å². The highest BCUT2D eigenvalue weighted by Gasteiger charge is 2.27. The zero-order valence-electron chi connectivity index (χ0n) is 8.99. The number of carboxylic acids is 1. The van der Waals surface area contributed by atoms with Crippen LogP contribution in [0, 0.1) is 5.92 Å². The summed E-state index contributed by atoms with van der Waals surface area (Å²) in [5, 5.41) is 8.80. The minimum atomic E-state index is -0.765. The molecule has 0 aromatic carbocycles. The molecule has 1 fully saturated rings. The molecule has 1 aliphatic heterocycles. The molecule has 0 aliphatic carbocycles. The van der Waals surface area contributed by atoms with Crippen molar-refractivity contribution < 1.29 is 9.90 Å². The number of aliphatic carboxylic acids is 1. The first-order valence-electron chi connectivity index (χ1n) is 5.18. The average Bonchev–Trinajstić information content (AvgIpc) is 2.07. The highest BCUT2D eigenvalue weighted by molar-refractivity contribution is 5.69. The molecule has 0 aromatic rings. The first kappa shape index (κ1) is 11.1. The number of hydrogen-bond acceptors (Lipinski definition) is 2. The number of piperidine rings is 1. The van der Waals surface area contributed by atoms with Gasteiger partial charge in [0.15, 0.2) is 0 Å². The van der Waals surface area contributed by atoms with Gasteiger partial charge >= 0.3 is 5.97 Å². The lowest BCUT2D eigenvalue weighted by atomic mass is 9.91. The van der Waals surface area contributed by atoms with Gasteiger partial charge in [0.2, 0.25) is 0 Å². The molecule has 1 unspecified atom stereocenters. The standard InChI is InChI=1S/C11H19NO2/c1-8(2)10-6-4-5-9(3)12(10)7-11(13)14/h8,10H,3-7H2,1-2H3,(H,13,14). The summed E-state index contributed by atoms with van der Waals surface area (Å²) in [6, 6.07) is 0.354. The topological polar surface area (TPSA) is 40.5 Å². The Morgan fingerprint density at radius 2 is 2.36 bits per heavy atom. The van der Waals surface area contributed by atoms with E-state index in [4.69, 9.17) is 5.11 Å². The number of carboxylic acid groups (broad SMARTS) is 1. The Bertz CT molecular complexity index is 235. The summed E-state index contributed by atoms with van der Waals surface area (Å²) in [4.78, 5) is 12.7. The number of nitrogens with zero attached hydrogens (tertiary/aromatic N) is 1. The molecule has 0 spiro atoms. The van der Waals surface area contributed by atoms with E-state index in [2.05, 4.69) is 20.4 Å². The van der Waals surface area contributed by atoms with Gasteiger partial charge in [0.05, 0.1) is 0 Å². The van der Waals surface area contributed by atoms with Crippen molar-refractivity contribution in [2.75, 3.05) is 6.54 Å². The quantitative estimate of drug-likeness (QED) is 0.753. The van der Waals surface area contributed by atoms with Crippen molar-refractivity contribution in [2.45, 2.75) is 39.2 Å². The lowest BCUT2D eigenvalue weighted by Gasteiger charge is -2.40. The summed E-state index contributed by atoms with van der Waals surface area (Å²) in [6.07, 6.45) is 3.16. The number of rotatable bonds is 3. The van der Waals surface area contributed by atoms with Gasteiger partial charge in [-0.3, -0.25) is 4.79 Å². The van der Waals surface area contributed by atoms with Gasteiger partial charge in [0.25, 0.3) is 0 Å². The molecule has 1 N–H and O–H groups in total. The fourth-order valence-corrected chi connectivity index (χ4v) is 2.12. The van der Waals surface area contributed by atoms with E-state index in [-0.39, 0.29) is 6.54 Å². The summed E-state index contributed by atoms with van der Waals surface area (Å²) in [5.41, 5.74) is 0.984. The lowest BCUT2D eigenvalue weighted by molar-refractivity contribution is -0.138. The molecule has 1 heterocycles. The Kier molecular flexibility index (Phi) is 3.55. The molecular weight excluding hydrogens is 178 g/mol. The van der Waals surface area contributed by atoms with E-state index in [9.17, 15) is 4.79 Å². The third-order valence-electron chi connectivity index (χ3n) is 2.85. The van der Waals surface area contributed by atoms with E-state index < -0.39 is 5.97 Å². The summed E-state index contributed by atoms with van der Waals surface area (Å²) < 4.78 is 0. The van der Waals surface area contributed by atoms with Crippen LogP contribution in [-0.4, -0.2) is 28.6 Å². The molecule has 14 heavy (non-hydrogen) atoms. The van der Waals surface area contributed by atoms with E-state index in [1.165, 1.54) is 0 Å². The zero-order valence-corrected chi connectivity index (χ0v) is 8.99. The normalized spacial score (nSPS) is 22.9. The smallest absolute Gasteiger partial charge is 0.323 e. The molecule has 3 heteroatoms. The van der Waals surface area contributed by atoms with Crippen LogP contribution in [0.1, 0.15) is 33.1 Å². The second-order valence-corrected chi connectivity index (χ2v) is 4.29. The molecular formula is C11H19NO2. The van der Waals surface area contributed by atoms with Crippen molar-refractivity contribution in [3.05, 3.63) is 12.3 Å². The molecule has 0 bridgehead atoms. The van der Waals surface area contributed by atoms with Crippen molar-refractivity contribution in [3.63, 3.8) is 0 Å². The molecule has 1 saturated heterocycles. The largest absolute Gasteiger partial charge is 0.480 e. The van der Waals surface area contributed by atoms with Crippen LogP contribution in [0.25, 0.3) is 0 Å². The number of likely N-dealkylation sites (tertiary alicyclic amines) is 1. The van der Waals surface area contributed by atoms with E-state index in [0.29, 0.717) is 12.0 Å². The Morgan fingerprint density at radius 1 is 1.71 bits per heavy atom. The minimum Gasteiger partial charge on any atom is -0.480 e. The summed E-state index contributed by atoms with van der Waals surface area (Å²) in [5.74, 6) is -0.273. The summed E-state index contributed by atoms with van der Waals surface area (Å²) in [7, 11) is 0. The molecule has 1 atom stereocenters. The Morgan fingerprint density at radius 3 is 2.86 bits per heavy atom. The van der Waals surface area contributed by atoms with Crippen molar-refractivity contribution in [1.29, 1.82) is 0 Å². The monoisotopic (exact) mass is 197 g/mol. The van der Waals surface area contributed by atoms with Crippen molar-refractivity contribution in [1.82, 2.24) is 4.90 Å². The van der Waals surface area contributed by atoms with Crippen LogP contribution < -0.4 is 0 Å². The van der Waals surface area contributed by atoms with Crippen LogP contribution in [-0.2, 0) is 4.79 Å². The van der Waals surface area contributed by atoms with E-state index in [1.54, 1.807) is 0 Å². The fourth-order valence-electron chi connectivity index (χ4n) is 2.12. The Hall–Kier alpha value is -0.990. The molecule has 1 rings (SSSR count). The minimum absolute atomic E-state index is 0.0989. The molecule has 0 radical (unpaired) electrons. The highest BCUT2D eigenvalue weighted by Crippen LogP contribution is 2.28. The van der Waals surface area contributed by atoms with Gasteiger partial charge in [-0.05, 0) is 25.2 Å². The number of hydrogen-bond donors (Lipinski definition) is 1. The predicted molar refractivity (Wildman–Crippen MR) is 56.0 cm³/mol. The van der Waals surface area contributed by atoms with Gasteiger partial charge in [0.1, 0.15) is 6.54 Å². The fraction of sp³-hybridized carbons (Fsp3) is 0.727. The van der Waals surface area contributed by atoms with Crippen molar-refractivity contribution >= 4 is 5.97 Å². The predicted octanol–water partition coefficient (Wildman–Crippen LogP) is 2.10. The zero-order chi connectivity index (χ0) is 10.7. The molecule has 3 nitrogen and oxygen atoms in total. The Labute approximate surface area is 85.4 Å². The third-order valence-corrected chi connectivity index (χ3v) is 2.85. The van der Waals surface area contributed by atoms with Crippen LogP contribution in [0.4, 0.5) is 0 Å². The molecule has 0 saturated carbocycles. The van der Waals surface area contributed by atoms with Crippen LogP contribution in [0.5, 0.6) is 0 Å². The first-order valence-corrected chi connectivity index (χ1v) is 5.18. The van der Waals surface area contributed by atoms with Crippen LogP contribution in [0.2, 0.25) is 0 Å². The van der Waals surface area contributed by atoms with Crippen LogP contribution in [0.15, 0.2) is 12.3 Å². The molecule has 80 valence electrons. The molecule has 0 aromatic heterocycles. The van der Waals surface area contributed by atoms with Crippen LogP contribution in [0.3, 0.4) is 0 Å². The summed E-state index contributed by atoms with van der Waals surface area (Å²) >= 11 is 0. The lowest BCUT2D eigenvalue weighted by Crippen LogP contribution is -2.43.